The zero-order valence-corrected chi connectivity index (χ0v) is 9.16. The molecule has 0 saturated heterocycles. The molecule has 7 heteroatoms. The molecule has 0 heterocycles. The molecular weight excluding hydrogens is 226 g/mol. The number of carbonyl (C=O) groups excluding carboxylic acids is 1. The van der Waals surface area contributed by atoms with Gasteiger partial charge in [-0.3, -0.25) is 4.79 Å². The summed E-state index contributed by atoms with van der Waals surface area (Å²) in [5.41, 5.74) is 5.19. The molecule has 92 valence electrons. The second kappa shape index (κ2) is 5.06. The molecule has 7 nitrogen and oxygen atoms in total. The van der Waals surface area contributed by atoms with Crippen LogP contribution in [0.3, 0.4) is 0 Å². The third-order valence-electron chi connectivity index (χ3n) is 2.08. The number of carbonyl (C=O) groups is 1. The molecule has 1 rings (SSSR count). The zero-order chi connectivity index (χ0) is 13.0. The molecular formula is C10H13N3O4. The van der Waals surface area contributed by atoms with Gasteiger partial charge in [0.05, 0.1) is 12.1 Å². The minimum absolute atomic E-state index is 0.0572. The van der Waals surface area contributed by atoms with E-state index in [4.69, 9.17) is 10.9 Å². The maximum absolute atomic E-state index is 11.8. The van der Waals surface area contributed by atoms with Crippen LogP contribution in [0.25, 0.3) is 0 Å². The van der Waals surface area contributed by atoms with Crippen LogP contribution in [0.1, 0.15) is 10.4 Å². The van der Waals surface area contributed by atoms with Crippen LogP contribution in [0.5, 0.6) is 11.5 Å². The Morgan fingerprint density at radius 2 is 2.12 bits per heavy atom. The molecule has 0 atom stereocenters. The lowest BCUT2D eigenvalue weighted by atomic mass is 10.1. The summed E-state index contributed by atoms with van der Waals surface area (Å²) in [5, 5.41) is 29.8. The Labute approximate surface area is 97.4 Å². The molecule has 5 N–H and O–H groups in total. The van der Waals surface area contributed by atoms with Crippen molar-refractivity contribution in [1.29, 1.82) is 0 Å². The quantitative estimate of drug-likeness (QED) is 0.193. The lowest BCUT2D eigenvalue weighted by Crippen LogP contribution is -2.35. The van der Waals surface area contributed by atoms with Gasteiger partial charge in [0.1, 0.15) is 11.5 Å². The number of aromatic hydroxyl groups is 2. The van der Waals surface area contributed by atoms with Crippen molar-refractivity contribution in [3.63, 3.8) is 0 Å². The average molecular weight is 239 g/mol. The Morgan fingerprint density at radius 3 is 2.71 bits per heavy atom. The number of amides is 1. The van der Waals surface area contributed by atoms with Gasteiger partial charge < -0.3 is 26.1 Å². The molecule has 1 aromatic carbocycles. The van der Waals surface area contributed by atoms with Crippen molar-refractivity contribution in [1.82, 2.24) is 4.90 Å². The predicted molar refractivity (Wildman–Crippen MR) is 60.1 cm³/mol. The topological polar surface area (TPSA) is 119 Å². The normalized spacial score (nSPS) is 11.2. The van der Waals surface area contributed by atoms with E-state index < -0.39 is 5.91 Å². The first-order valence-corrected chi connectivity index (χ1v) is 4.69. The van der Waals surface area contributed by atoms with Crippen molar-refractivity contribution in [2.75, 3.05) is 13.6 Å². The number of hydrogen-bond donors (Lipinski definition) is 4. The Balaban J connectivity index is 2.92. The number of nitrogens with two attached hydrogens (primary N) is 1. The van der Waals surface area contributed by atoms with Crippen molar-refractivity contribution in [3.8, 4) is 11.5 Å². The summed E-state index contributed by atoms with van der Waals surface area (Å²) in [7, 11) is 1.42. The first kappa shape index (κ1) is 12.6. The summed E-state index contributed by atoms with van der Waals surface area (Å²) in [5.74, 6) is -1.08. The van der Waals surface area contributed by atoms with Gasteiger partial charge in [-0.1, -0.05) is 5.16 Å². The van der Waals surface area contributed by atoms with Gasteiger partial charge in [0.15, 0.2) is 5.84 Å². The molecule has 0 aromatic heterocycles. The number of benzene rings is 1. The summed E-state index contributed by atoms with van der Waals surface area (Å²) in [6, 6.07) is 3.61. The fraction of sp³-hybridized carbons (Fsp3) is 0.200. The second-order valence-electron chi connectivity index (χ2n) is 3.45. The van der Waals surface area contributed by atoms with Crippen molar-refractivity contribution in [3.05, 3.63) is 23.8 Å². The van der Waals surface area contributed by atoms with Crippen molar-refractivity contribution in [2.24, 2.45) is 10.9 Å². The summed E-state index contributed by atoms with van der Waals surface area (Å²) >= 11 is 0. The van der Waals surface area contributed by atoms with Crippen LogP contribution in [-0.2, 0) is 0 Å². The van der Waals surface area contributed by atoms with E-state index in [0.29, 0.717) is 0 Å². The molecule has 1 aromatic rings. The van der Waals surface area contributed by atoms with Crippen LogP contribution < -0.4 is 5.73 Å². The summed E-state index contributed by atoms with van der Waals surface area (Å²) in [4.78, 5) is 13.0. The minimum atomic E-state index is -0.551. The fourth-order valence-electron chi connectivity index (χ4n) is 1.25. The Kier molecular flexibility index (Phi) is 3.76. The maximum Gasteiger partial charge on any atom is 0.257 e. The zero-order valence-electron chi connectivity index (χ0n) is 9.16. The number of likely N-dealkylation sites (N-methyl/N-ethyl adjacent to an activating group) is 1. The Hall–Kier alpha value is -2.44. The van der Waals surface area contributed by atoms with Crippen LogP contribution in [0.4, 0.5) is 0 Å². The molecule has 0 aliphatic rings. The van der Waals surface area contributed by atoms with Gasteiger partial charge in [0.2, 0.25) is 0 Å². The summed E-state index contributed by atoms with van der Waals surface area (Å²) in [6.07, 6.45) is 0. The van der Waals surface area contributed by atoms with Gasteiger partial charge in [-0.25, -0.2) is 0 Å². The molecule has 0 aliphatic carbocycles. The third-order valence-corrected chi connectivity index (χ3v) is 2.08. The van der Waals surface area contributed by atoms with E-state index in [-0.39, 0.29) is 29.4 Å². The van der Waals surface area contributed by atoms with E-state index in [2.05, 4.69) is 5.16 Å². The first-order valence-electron chi connectivity index (χ1n) is 4.69. The first-order chi connectivity index (χ1) is 7.95. The monoisotopic (exact) mass is 239 g/mol. The molecule has 0 aliphatic heterocycles. The van der Waals surface area contributed by atoms with Crippen molar-refractivity contribution < 1.29 is 20.2 Å². The number of phenols is 2. The highest BCUT2D eigenvalue weighted by atomic mass is 16.4. The number of hydrogen-bond acceptors (Lipinski definition) is 5. The lowest BCUT2D eigenvalue weighted by molar-refractivity contribution is 0.0810. The largest absolute Gasteiger partial charge is 0.508 e. The lowest BCUT2D eigenvalue weighted by Gasteiger charge is -2.16. The maximum atomic E-state index is 11.8. The number of nitrogens with zero attached hydrogens (tertiary/aromatic N) is 2. The van der Waals surface area contributed by atoms with E-state index in [0.717, 1.165) is 11.0 Å². The number of phenolic OH excluding ortho intramolecular Hbond substituents is 2. The van der Waals surface area contributed by atoms with Gasteiger partial charge in [-0.05, 0) is 18.2 Å². The van der Waals surface area contributed by atoms with E-state index in [1.54, 1.807) is 0 Å². The van der Waals surface area contributed by atoms with Gasteiger partial charge in [0, 0.05) is 7.05 Å². The minimum Gasteiger partial charge on any atom is -0.508 e. The van der Waals surface area contributed by atoms with Crippen LogP contribution >= 0.6 is 0 Å². The van der Waals surface area contributed by atoms with Gasteiger partial charge in [-0.2, -0.15) is 0 Å². The molecule has 0 bridgehead atoms. The second-order valence-corrected chi connectivity index (χ2v) is 3.45. The molecule has 0 spiro atoms. The summed E-state index contributed by atoms with van der Waals surface area (Å²) < 4.78 is 0. The number of oxime groups is 1. The van der Waals surface area contributed by atoms with E-state index in [1.807, 2.05) is 0 Å². The Bertz CT molecular complexity index is 459. The van der Waals surface area contributed by atoms with Crippen LogP contribution in [0.2, 0.25) is 0 Å². The van der Waals surface area contributed by atoms with Gasteiger partial charge >= 0.3 is 0 Å². The molecule has 17 heavy (non-hydrogen) atoms. The van der Waals surface area contributed by atoms with Crippen molar-refractivity contribution >= 4 is 11.7 Å². The third kappa shape index (κ3) is 3.00. The van der Waals surface area contributed by atoms with Gasteiger partial charge in [-0.15, -0.1) is 0 Å². The molecule has 0 fully saturated rings. The highest BCUT2D eigenvalue weighted by molar-refractivity contribution is 5.99. The number of rotatable bonds is 3. The predicted octanol–water partition coefficient (Wildman–Crippen LogP) is -0.0838. The SMILES string of the molecule is CN(C/C(N)=N/O)C(=O)c1cc(O)ccc1O. The van der Waals surface area contributed by atoms with E-state index in [9.17, 15) is 15.0 Å². The van der Waals surface area contributed by atoms with E-state index >= 15 is 0 Å². The van der Waals surface area contributed by atoms with Crippen LogP contribution in [0, 0.1) is 0 Å². The van der Waals surface area contributed by atoms with Gasteiger partial charge in [0.25, 0.3) is 5.91 Å². The van der Waals surface area contributed by atoms with Crippen LogP contribution in [0.15, 0.2) is 23.4 Å². The molecule has 1 amide bonds. The van der Waals surface area contributed by atoms with E-state index in [1.165, 1.54) is 19.2 Å². The standard InChI is InChI=1S/C10H13N3O4/c1-13(5-9(11)12-17)10(16)7-4-6(14)2-3-8(7)15/h2-4,14-15,17H,5H2,1H3,(H2,11,12). The fourth-order valence-corrected chi connectivity index (χ4v) is 1.25. The smallest absolute Gasteiger partial charge is 0.257 e. The summed E-state index contributed by atoms with van der Waals surface area (Å²) in [6.45, 7) is -0.0928. The van der Waals surface area contributed by atoms with Crippen molar-refractivity contribution in [2.45, 2.75) is 0 Å². The molecule has 0 unspecified atom stereocenters. The highest BCUT2D eigenvalue weighted by Gasteiger charge is 2.17. The van der Waals surface area contributed by atoms with Crippen LogP contribution in [-0.4, -0.2) is 45.7 Å². The molecule has 0 saturated carbocycles. The Morgan fingerprint density at radius 1 is 1.47 bits per heavy atom. The molecule has 0 radical (unpaired) electrons. The number of amidine groups is 1. The highest BCUT2D eigenvalue weighted by Crippen LogP contribution is 2.23. The average Bonchev–Trinajstić information content (AvgIpc) is 2.31.